The van der Waals surface area contributed by atoms with Crippen LogP contribution in [0.2, 0.25) is 0 Å². The number of hydrogen-bond donors (Lipinski definition) is 0. The minimum atomic E-state index is -2.73. The molecule has 2 rings (SSSR count). The van der Waals surface area contributed by atoms with E-state index < -0.39 is 17.4 Å². The molecule has 116 valence electrons. The van der Waals surface area contributed by atoms with E-state index in [2.05, 4.69) is 4.98 Å². The van der Waals surface area contributed by atoms with E-state index >= 15 is 0 Å². The molecule has 1 heterocycles. The third-order valence-corrected chi connectivity index (χ3v) is 3.90. The quantitative estimate of drug-likeness (QED) is 0.859. The maximum Gasteiger partial charge on any atom is 0.265 e. The molecule has 0 bridgehead atoms. The molecule has 4 nitrogen and oxygen atoms in total. The van der Waals surface area contributed by atoms with Gasteiger partial charge in [-0.1, -0.05) is 13.8 Å². The van der Waals surface area contributed by atoms with Gasteiger partial charge in [-0.25, -0.2) is 8.78 Å². The third kappa shape index (κ3) is 2.53. The summed E-state index contributed by atoms with van der Waals surface area (Å²) in [5.41, 5.74) is -2.55. The fourth-order valence-electron chi connectivity index (χ4n) is 2.86. The number of nitriles is 1. The van der Waals surface area contributed by atoms with Crippen molar-refractivity contribution >= 4 is 5.78 Å². The third-order valence-electron chi connectivity index (χ3n) is 3.90. The largest absolute Gasteiger partial charge is 0.368 e. The molecule has 0 spiro atoms. The Morgan fingerprint density at radius 3 is 2.68 bits per heavy atom. The van der Waals surface area contributed by atoms with Crippen LogP contribution in [0.15, 0.2) is 30.0 Å². The van der Waals surface area contributed by atoms with Crippen LogP contribution in [0.3, 0.4) is 0 Å². The van der Waals surface area contributed by atoms with Gasteiger partial charge in [0.25, 0.3) is 6.43 Å². The van der Waals surface area contributed by atoms with Gasteiger partial charge >= 0.3 is 0 Å². The Morgan fingerprint density at radius 2 is 2.14 bits per heavy atom. The topological polar surface area (TPSA) is 63.0 Å². The van der Waals surface area contributed by atoms with Crippen LogP contribution in [-0.4, -0.2) is 17.9 Å². The smallest absolute Gasteiger partial charge is 0.265 e. The number of nitrogens with zero attached hydrogens (tertiary/aromatic N) is 2. The van der Waals surface area contributed by atoms with Crippen LogP contribution in [0.1, 0.15) is 38.0 Å². The second kappa shape index (κ2) is 5.58. The number of carbonyl (C=O) groups is 1. The lowest BCUT2D eigenvalue weighted by molar-refractivity contribution is -0.128. The van der Waals surface area contributed by atoms with Crippen LogP contribution in [-0.2, 0) is 15.1 Å². The molecule has 0 radical (unpaired) electrons. The number of Topliss-reactive ketones (excluding diaryl/α,β-unsaturated/α-hetero) is 1. The molecule has 0 aromatic carbocycles. The standard InChI is InChI=1S/C16H16F2N2O2/c1-15(2)9-16(22-3,7-10(8-19)13(15)21)12-11(14(17)18)5-4-6-20-12/h4-7,14H,9H2,1-3H3/t16-/m1/s1. The number of aromatic nitrogens is 1. The number of alkyl halides is 2. The maximum atomic E-state index is 13.3. The summed E-state index contributed by atoms with van der Waals surface area (Å²) in [7, 11) is 1.36. The van der Waals surface area contributed by atoms with E-state index in [9.17, 15) is 18.8 Å². The molecular formula is C16H16F2N2O2. The second-order valence-electron chi connectivity index (χ2n) is 5.90. The van der Waals surface area contributed by atoms with Gasteiger partial charge < -0.3 is 4.74 Å². The number of ether oxygens (including phenoxy) is 1. The summed E-state index contributed by atoms with van der Waals surface area (Å²) in [6.45, 7) is 3.33. The first kappa shape index (κ1) is 16.2. The number of hydrogen-bond acceptors (Lipinski definition) is 4. The predicted molar refractivity (Wildman–Crippen MR) is 75.0 cm³/mol. The number of methoxy groups -OCH3 is 1. The van der Waals surface area contributed by atoms with Gasteiger partial charge in [-0.15, -0.1) is 0 Å². The average molecular weight is 306 g/mol. The summed E-state index contributed by atoms with van der Waals surface area (Å²) >= 11 is 0. The highest BCUT2D eigenvalue weighted by Gasteiger charge is 2.48. The highest BCUT2D eigenvalue weighted by molar-refractivity contribution is 6.04. The summed E-state index contributed by atoms with van der Waals surface area (Å²) in [4.78, 5) is 16.3. The first-order valence-electron chi connectivity index (χ1n) is 6.74. The van der Waals surface area contributed by atoms with Gasteiger partial charge in [0.1, 0.15) is 11.7 Å². The van der Waals surface area contributed by atoms with Crippen molar-refractivity contribution < 1.29 is 18.3 Å². The monoisotopic (exact) mass is 306 g/mol. The Bertz CT molecular complexity index is 677. The summed E-state index contributed by atoms with van der Waals surface area (Å²) in [6, 6.07) is 4.53. The molecule has 0 aliphatic heterocycles. The van der Waals surface area contributed by atoms with Crippen LogP contribution in [0.25, 0.3) is 0 Å². The summed E-state index contributed by atoms with van der Waals surface area (Å²) in [5, 5.41) is 9.18. The fourth-order valence-corrected chi connectivity index (χ4v) is 2.86. The zero-order chi connectivity index (χ0) is 16.5. The summed E-state index contributed by atoms with van der Waals surface area (Å²) in [5.74, 6) is -0.322. The van der Waals surface area contributed by atoms with Crippen molar-refractivity contribution in [2.24, 2.45) is 5.41 Å². The number of allylic oxidation sites excluding steroid dienone is 1. The van der Waals surface area contributed by atoms with Crippen molar-refractivity contribution in [3.63, 3.8) is 0 Å². The SMILES string of the molecule is CO[C@]1(c2ncccc2C(F)F)C=C(C#N)C(=O)C(C)(C)C1. The van der Waals surface area contributed by atoms with Crippen molar-refractivity contribution in [2.45, 2.75) is 32.3 Å². The molecule has 0 saturated carbocycles. The highest BCUT2D eigenvalue weighted by Crippen LogP contribution is 2.46. The van der Waals surface area contributed by atoms with E-state index in [-0.39, 0.29) is 29.0 Å². The Hall–Kier alpha value is -2.13. The number of ketones is 1. The summed E-state index contributed by atoms with van der Waals surface area (Å²) < 4.78 is 32.1. The van der Waals surface area contributed by atoms with Crippen LogP contribution in [0.5, 0.6) is 0 Å². The first-order chi connectivity index (χ1) is 10.3. The highest BCUT2D eigenvalue weighted by atomic mass is 19.3. The Labute approximate surface area is 127 Å². The molecule has 6 heteroatoms. The lowest BCUT2D eigenvalue weighted by Crippen LogP contribution is -2.43. The predicted octanol–water partition coefficient (Wildman–Crippen LogP) is 3.31. The van der Waals surface area contributed by atoms with Crippen molar-refractivity contribution in [3.05, 3.63) is 41.2 Å². The Kier molecular flexibility index (Phi) is 4.12. The van der Waals surface area contributed by atoms with E-state index in [1.807, 2.05) is 6.07 Å². The van der Waals surface area contributed by atoms with Gasteiger partial charge in [-0.3, -0.25) is 9.78 Å². The van der Waals surface area contributed by atoms with E-state index in [0.29, 0.717) is 0 Å². The number of halogens is 2. The second-order valence-corrected chi connectivity index (χ2v) is 5.90. The van der Waals surface area contributed by atoms with Crippen molar-refractivity contribution in [1.29, 1.82) is 5.26 Å². The molecule has 0 N–H and O–H groups in total. The van der Waals surface area contributed by atoms with E-state index in [1.54, 1.807) is 13.8 Å². The van der Waals surface area contributed by atoms with Gasteiger partial charge in [0, 0.05) is 24.3 Å². The molecule has 0 fully saturated rings. The lowest BCUT2D eigenvalue weighted by atomic mass is 9.68. The number of rotatable bonds is 3. The van der Waals surface area contributed by atoms with E-state index in [1.165, 1.54) is 31.5 Å². The van der Waals surface area contributed by atoms with Gasteiger partial charge in [-0.05, 0) is 24.6 Å². The minimum Gasteiger partial charge on any atom is -0.368 e. The first-order valence-corrected chi connectivity index (χ1v) is 6.74. The van der Waals surface area contributed by atoms with E-state index in [0.717, 1.165) is 0 Å². The Morgan fingerprint density at radius 1 is 1.45 bits per heavy atom. The van der Waals surface area contributed by atoms with Crippen molar-refractivity contribution in [1.82, 2.24) is 4.98 Å². The molecule has 1 aromatic rings. The molecule has 1 aromatic heterocycles. The molecule has 1 atom stereocenters. The van der Waals surface area contributed by atoms with Gasteiger partial charge in [-0.2, -0.15) is 5.26 Å². The van der Waals surface area contributed by atoms with Crippen LogP contribution in [0.4, 0.5) is 8.78 Å². The van der Waals surface area contributed by atoms with Crippen molar-refractivity contribution in [2.75, 3.05) is 7.11 Å². The lowest BCUT2D eigenvalue weighted by Gasteiger charge is -2.40. The zero-order valence-electron chi connectivity index (χ0n) is 12.6. The summed E-state index contributed by atoms with van der Waals surface area (Å²) in [6.07, 6.45) is 0.118. The fraction of sp³-hybridized carbons (Fsp3) is 0.438. The van der Waals surface area contributed by atoms with Crippen LogP contribution in [0, 0.1) is 16.7 Å². The number of pyridine rings is 1. The van der Waals surface area contributed by atoms with Gasteiger partial charge in [0.2, 0.25) is 0 Å². The van der Waals surface area contributed by atoms with E-state index in [4.69, 9.17) is 4.74 Å². The molecule has 1 aliphatic carbocycles. The maximum absolute atomic E-state index is 13.3. The Balaban J connectivity index is 2.72. The average Bonchev–Trinajstić information content (AvgIpc) is 2.49. The minimum absolute atomic E-state index is 0.0424. The molecular weight excluding hydrogens is 290 g/mol. The van der Waals surface area contributed by atoms with Gasteiger partial charge in [0.05, 0.1) is 11.3 Å². The molecule has 0 unspecified atom stereocenters. The van der Waals surface area contributed by atoms with Crippen LogP contribution >= 0.6 is 0 Å². The van der Waals surface area contributed by atoms with Crippen LogP contribution < -0.4 is 0 Å². The molecule has 1 aliphatic rings. The molecule has 22 heavy (non-hydrogen) atoms. The normalized spacial score (nSPS) is 24.0. The molecule has 0 saturated heterocycles. The van der Waals surface area contributed by atoms with Crippen molar-refractivity contribution in [3.8, 4) is 6.07 Å². The van der Waals surface area contributed by atoms with Gasteiger partial charge in [0.15, 0.2) is 5.78 Å². The molecule has 0 amide bonds. The number of carbonyl (C=O) groups excluding carboxylic acids is 1. The zero-order valence-corrected chi connectivity index (χ0v) is 12.6.